The van der Waals surface area contributed by atoms with Crippen molar-refractivity contribution < 1.29 is 48.3 Å². The van der Waals surface area contributed by atoms with Crippen LogP contribution in [-0.2, 0) is 38.1 Å². The molecule has 0 aliphatic heterocycles. The Labute approximate surface area is 640 Å². The molecule has 0 fully saturated rings. The number of nitrogens with zero attached hydrogens (tertiary/aromatic N) is 2. The number of ether oxygens (including phenoxy) is 4. The molecule has 103 heavy (non-hydrogen) atoms. The molecule has 0 spiro atoms. The predicted molar refractivity (Wildman–Crippen MR) is 439 cm³/mol. The maximum Gasteiger partial charge on any atom is 0.306 e. The monoisotopic (exact) mass is 1460 g/mol. The standard InChI is InChI=1S/C91H178N2O10/c1-8-14-20-26-36-49-63-83(7)100-88(96)69-55-41-31-45-59-75-92(79-81-94)78-62-48-34-44-58-72-91(99)103-87(68-54-40-30-24-18-12-5)84(64-50-35-25-19-13-6)73-74-86(67-53-39-29-23-17-11-4)102-90(98)71-57-43-33-47-61-77-93(80-82-95)76-60-46-32-42-56-70-89(97)101-85(65-51-37-27-21-15-9-2)66-52-38-28-22-16-10-3/h83-87,94-95H,8-82H2,1-7H3. The number of rotatable bonds is 85. The Bertz CT molecular complexity index is 1750. The van der Waals surface area contributed by atoms with Gasteiger partial charge in [-0.3, -0.25) is 19.2 Å². The lowest BCUT2D eigenvalue weighted by atomic mass is 9.86. The number of aliphatic hydroxyl groups is 2. The van der Waals surface area contributed by atoms with Crippen molar-refractivity contribution in [2.75, 3.05) is 52.5 Å². The van der Waals surface area contributed by atoms with Crippen LogP contribution in [0.25, 0.3) is 0 Å². The first kappa shape index (κ1) is 101. The number of aliphatic hydroxyl groups excluding tert-OH is 2. The van der Waals surface area contributed by atoms with Gasteiger partial charge in [-0.2, -0.15) is 0 Å². The van der Waals surface area contributed by atoms with Crippen molar-refractivity contribution in [2.24, 2.45) is 5.92 Å². The maximum atomic E-state index is 13.9. The summed E-state index contributed by atoms with van der Waals surface area (Å²) >= 11 is 0. The second-order valence-electron chi connectivity index (χ2n) is 32.1. The van der Waals surface area contributed by atoms with Crippen LogP contribution in [0.5, 0.6) is 0 Å². The van der Waals surface area contributed by atoms with E-state index >= 15 is 0 Å². The van der Waals surface area contributed by atoms with E-state index in [-0.39, 0.29) is 67.4 Å². The number of carbonyl (C=O) groups excluding carboxylic acids is 4. The van der Waals surface area contributed by atoms with Gasteiger partial charge in [-0.25, -0.2) is 0 Å². The highest BCUT2D eigenvalue weighted by molar-refractivity contribution is 5.70. The Hall–Kier alpha value is -2.28. The number of hydrogen-bond donors (Lipinski definition) is 2. The quantitative estimate of drug-likeness (QED) is 0.0339. The van der Waals surface area contributed by atoms with Crippen LogP contribution in [-0.4, -0.2) is 121 Å². The molecule has 0 aromatic heterocycles. The van der Waals surface area contributed by atoms with Crippen LogP contribution in [0.2, 0.25) is 0 Å². The largest absolute Gasteiger partial charge is 0.463 e. The van der Waals surface area contributed by atoms with E-state index in [4.69, 9.17) is 18.9 Å². The van der Waals surface area contributed by atoms with Crippen LogP contribution in [0.3, 0.4) is 0 Å². The minimum Gasteiger partial charge on any atom is -0.463 e. The van der Waals surface area contributed by atoms with Crippen molar-refractivity contribution in [1.82, 2.24) is 9.80 Å². The van der Waals surface area contributed by atoms with Crippen LogP contribution >= 0.6 is 0 Å². The Morgan fingerprint density at radius 2 is 0.485 bits per heavy atom. The fourth-order valence-corrected chi connectivity index (χ4v) is 15.2. The number of esters is 4. The topological polar surface area (TPSA) is 152 Å². The summed E-state index contributed by atoms with van der Waals surface area (Å²) in [5.74, 6) is 0.126. The molecule has 2 N–H and O–H groups in total. The van der Waals surface area contributed by atoms with Crippen LogP contribution < -0.4 is 0 Å². The van der Waals surface area contributed by atoms with Gasteiger partial charge in [0.25, 0.3) is 0 Å². The zero-order valence-corrected chi connectivity index (χ0v) is 70.0. The molecular weight excluding hydrogens is 1280 g/mol. The Kier molecular flexibility index (Phi) is 78.9. The molecule has 0 rings (SSSR count). The van der Waals surface area contributed by atoms with E-state index in [1.807, 2.05) is 6.92 Å². The van der Waals surface area contributed by atoms with Crippen LogP contribution in [0, 0.1) is 5.92 Å². The van der Waals surface area contributed by atoms with Crippen molar-refractivity contribution in [3.8, 4) is 0 Å². The predicted octanol–water partition coefficient (Wildman–Crippen LogP) is 26.1. The van der Waals surface area contributed by atoms with Gasteiger partial charge in [0, 0.05) is 38.8 Å². The smallest absolute Gasteiger partial charge is 0.306 e. The molecule has 0 heterocycles. The average molecular weight is 1460 g/mol. The third kappa shape index (κ3) is 71.1. The zero-order chi connectivity index (χ0) is 75.2. The zero-order valence-electron chi connectivity index (χ0n) is 70.0. The van der Waals surface area contributed by atoms with E-state index in [1.165, 1.54) is 199 Å². The highest BCUT2D eigenvalue weighted by Crippen LogP contribution is 2.30. The third-order valence-electron chi connectivity index (χ3n) is 22.0. The molecule has 0 aliphatic carbocycles. The molecule has 12 heteroatoms. The molecule has 612 valence electrons. The van der Waals surface area contributed by atoms with Crippen LogP contribution in [0.4, 0.5) is 0 Å². The fraction of sp³-hybridized carbons (Fsp3) is 0.956. The molecule has 0 aliphatic rings. The summed E-state index contributed by atoms with van der Waals surface area (Å²) in [4.78, 5) is 57.8. The fourth-order valence-electron chi connectivity index (χ4n) is 15.2. The lowest BCUT2D eigenvalue weighted by molar-refractivity contribution is -0.154. The molecule has 12 nitrogen and oxygen atoms in total. The summed E-state index contributed by atoms with van der Waals surface area (Å²) < 4.78 is 24.9. The third-order valence-corrected chi connectivity index (χ3v) is 22.0. The van der Waals surface area contributed by atoms with Gasteiger partial charge in [-0.1, -0.05) is 311 Å². The summed E-state index contributed by atoms with van der Waals surface area (Å²) in [5.41, 5.74) is 0. The molecule has 0 amide bonds. The van der Waals surface area contributed by atoms with Crippen molar-refractivity contribution in [2.45, 2.75) is 503 Å². The van der Waals surface area contributed by atoms with Gasteiger partial charge in [0.2, 0.25) is 0 Å². The van der Waals surface area contributed by atoms with Gasteiger partial charge >= 0.3 is 23.9 Å². The SMILES string of the molecule is CCCCCCCCC(C)OC(=O)CCCCCCCN(CCO)CCCCCCCC(=O)OC(CCCCCCCC)C(CCCCCCC)CCC(CCCCCCCC)OC(=O)CCCCCCCN(CCO)CCCCCCCC(=O)OC(CCCCCCCC)CCCCCCCC. The van der Waals surface area contributed by atoms with Gasteiger partial charge in [0.15, 0.2) is 0 Å². The number of hydrogen-bond acceptors (Lipinski definition) is 12. The summed E-state index contributed by atoms with van der Waals surface area (Å²) in [7, 11) is 0. The van der Waals surface area contributed by atoms with E-state index in [1.54, 1.807) is 0 Å². The summed E-state index contributed by atoms with van der Waals surface area (Å²) in [6.45, 7) is 21.4. The number of unbranched alkanes of at least 4 members (excludes halogenated alkanes) is 45. The molecular formula is C91H178N2O10. The van der Waals surface area contributed by atoms with Gasteiger partial charge in [-0.15, -0.1) is 0 Å². The van der Waals surface area contributed by atoms with E-state index in [0.29, 0.717) is 38.8 Å². The molecule has 0 aromatic rings. The van der Waals surface area contributed by atoms with E-state index in [2.05, 4.69) is 51.3 Å². The first-order valence-corrected chi connectivity index (χ1v) is 45.9. The van der Waals surface area contributed by atoms with E-state index in [9.17, 15) is 29.4 Å². The Balaban J connectivity index is 5.28. The summed E-state index contributed by atoms with van der Waals surface area (Å²) in [5, 5.41) is 19.7. The van der Waals surface area contributed by atoms with Crippen molar-refractivity contribution >= 4 is 23.9 Å². The van der Waals surface area contributed by atoms with Gasteiger partial charge in [-0.05, 0) is 174 Å². The van der Waals surface area contributed by atoms with Gasteiger partial charge in [0.05, 0.1) is 19.3 Å². The summed E-state index contributed by atoms with van der Waals surface area (Å²) in [6.07, 6.45) is 73.9. The molecule has 0 bridgehead atoms. The number of carbonyl (C=O) groups is 4. The highest BCUT2D eigenvalue weighted by atomic mass is 16.6. The molecule has 4 unspecified atom stereocenters. The first-order valence-electron chi connectivity index (χ1n) is 45.9. The van der Waals surface area contributed by atoms with Crippen molar-refractivity contribution in [3.63, 3.8) is 0 Å². The van der Waals surface area contributed by atoms with E-state index in [0.717, 1.165) is 232 Å². The Morgan fingerprint density at radius 3 is 0.806 bits per heavy atom. The normalized spacial score (nSPS) is 13.0. The van der Waals surface area contributed by atoms with Crippen LogP contribution in [0.15, 0.2) is 0 Å². The first-order chi connectivity index (χ1) is 50.5. The van der Waals surface area contributed by atoms with Crippen molar-refractivity contribution in [1.29, 1.82) is 0 Å². The molecule has 0 saturated heterocycles. The second-order valence-corrected chi connectivity index (χ2v) is 32.1. The maximum absolute atomic E-state index is 13.9. The van der Waals surface area contributed by atoms with Crippen LogP contribution in [0.1, 0.15) is 479 Å². The molecule has 0 aromatic carbocycles. The molecule has 4 atom stereocenters. The van der Waals surface area contributed by atoms with Crippen molar-refractivity contribution in [3.05, 3.63) is 0 Å². The minimum atomic E-state index is -0.103. The Morgan fingerprint density at radius 1 is 0.243 bits per heavy atom. The van der Waals surface area contributed by atoms with E-state index < -0.39 is 0 Å². The highest BCUT2D eigenvalue weighted by Gasteiger charge is 2.27. The average Bonchev–Trinajstić information content (AvgIpc) is 0.924. The van der Waals surface area contributed by atoms with Gasteiger partial charge < -0.3 is 39.0 Å². The summed E-state index contributed by atoms with van der Waals surface area (Å²) in [6, 6.07) is 0. The lowest BCUT2D eigenvalue weighted by Gasteiger charge is -2.29. The molecule has 0 radical (unpaired) electrons. The lowest BCUT2D eigenvalue weighted by Crippen LogP contribution is -2.29. The molecule has 0 saturated carbocycles. The second kappa shape index (κ2) is 80.7. The minimum absolute atomic E-state index is 0.00292. The van der Waals surface area contributed by atoms with Gasteiger partial charge in [0.1, 0.15) is 18.3 Å².